The van der Waals surface area contributed by atoms with Gasteiger partial charge in [-0.15, -0.1) is 0 Å². The lowest BCUT2D eigenvalue weighted by molar-refractivity contribution is -0.140. The number of carbonyl (C=O) groups is 2. The lowest BCUT2D eigenvalue weighted by Gasteiger charge is -2.34. The largest absolute Gasteiger partial charge is 0.352 e. The summed E-state index contributed by atoms with van der Waals surface area (Å²) in [6.45, 7) is 8.87. The van der Waals surface area contributed by atoms with E-state index in [1.54, 1.807) is 55.5 Å². The van der Waals surface area contributed by atoms with Gasteiger partial charge in [0.25, 0.3) is 10.0 Å². The molecule has 2 amide bonds. The number of amides is 2. The second-order valence-corrected chi connectivity index (χ2v) is 12.9. The van der Waals surface area contributed by atoms with Gasteiger partial charge in [-0.1, -0.05) is 72.9 Å². The molecular weight excluding hydrogens is 581 g/mol. The molecule has 0 saturated heterocycles. The van der Waals surface area contributed by atoms with E-state index < -0.39 is 28.5 Å². The number of rotatable bonds is 12. The first kappa shape index (κ1) is 32.4. The van der Waals surface area contributed by atoms with Crippen LogP contribution < -0.4 is 9.62 Å². The van der Waals surface area contributed by atoms with Gasteiger partial charge < -0.3 is 10.2 Å². The molecule has 0 heterocycles. The molecule has 0 saturated carbocycles. The molecule has 0 aromatic heterocycles. The Morgan fingerprint density at radius 3 is 2.07 bits per heavy atom. The van der Waals surface area contributed by atoms with Crippen molar-refractivity contribution in [3.63, 3.8) is 0 Å². The second-order valence-electron chi connectivity index (χ2n) is 10.1. The first-order chi connectivity index (χ1) is 19.4. The van der Waals surface area contributed by atoms with Crippen LogP contribution in [0.2, 0.25) is 10.0 Å². The first-order valence-electron chi connectivity index (χ1n) is 13.6. The zero-order valence-electron chi connectivity index (χ0n) is 24.0. The summed E-state index contributed by atoms with van der Waals surface area (Å²) >= 11 is 12.4. The highest BCUT2D eigenvalue weighted by Gasteiger charge is 2.34. The summed E-state index contributed by atoms with van der Waals surface area (Å²) in [6, 6.07) is 17.4. The van der Waals surface area contributed by atoms with E-state index >= 15 is 0 Å². The SMILES string of the molecule is CCC(C)NC(=O)C(CC)N(Cc1ccc(Cl)cc1)C(=O)CN(c1cc(Cl)ccc1C)S(=O)(=O)c1ccc(C)cc1. The Kier molecular flexibility index (Phi) is 11.2. The van der Waals surface area contributed by atoms with E-state index in [4.69, 9.17) is 23.2 Å². The van der Waals surface area contributed by atoms with Crippen molar-refractivity contribution < 1.29 is 18.0 Å². The summed E-state index contributed by atoms with van der Waals surface area (Å²) in [7, 11) is -4.18. The van der Waals surface area contributed by atoms with Gasteiger partial charge in [0, 0.05) is 22.6 Å². The van der Waals surface area contributed by atoms with Crippen molar-refractivity contribution in [3.05, 3.63) is 93.5 Å². The van der Waals surface area contributed by atoms with Gasteiger partial charge >= 0.3 is 0 Å². The summed E-state index contributed by atoms with van der Waals surface area (Å²) in [6.07, 6.45) is 1.06. The minimum atomic E-state index is -4.18. The number of nitrogens with one attached hydrogen (secondary N) is 1. The van der Waals surface area contributed by atoms with Gasteiger partial charge in [0.2, 0.25) is 11.8 Å². The molecule has 1 N–H and O–H groups in total. The van der Waals surface area contributed by atoms with Gasteiger partial charge in [-0.25, -0.2) is 8.42 Å². The van der Waals surface area contributed by atoms with E-state index in [0.717, 1.165) is 21.9 Å². The van der Waals surface area contributed by atoms with Gasteiger partial charge in [-0.05, 0) is 81.1 Å². The third kappa shape index (κ3) is 8.24. The van der Waals surface area contributed by atoms with Crippen molar-refractivity contribution in [3.8, 4) is 0 Å². The molecule has 3 rings (SSSR count). The zero-order valence-corrected chi connectivity index (χ0v) is 26.4. The van der Waals surface area contributed by atoms with Crippen LogP contribution in [0.4, 0.5) is 5.69 Å². The minimum absolute atomic E-state index is 0.0427. The van der Waals surface area contributed by atoms with E-state index in [2.05, 4.69) is 5.32 Å². The number of hydrogen-bond donors (Lipinski definition) is 1. The molecule has 0 aliphatic carbocycles. The Morgan fingerprint density at radius 2 is 1.49 bits per heavy atom. The van der Waals surface area contributed by atoms with Gasteiger partial charge in [0.15, 0.2) is 0 Å². The summed E-state index contributed by atoms with van der Waals surface area (Å²) < 4.78 is 29.2. The van der Waals surface area contributed by atoms with Crippen molar-refractivity contribution in [2.45, 2.75) is 71.0 Å². The average Bonchev–Trinajstić information content (AvgIpc) is 2.94. The predicted octanol–water partition coefficient (Wildman–Crippen LogP) is 6.53. The topological polar surface area (TPSA) is 86.8 Å². The van der Waals surface area contributed by atoms with Crippen LogP contribution in [-0.4, -0.2) is 43.8 Å². The summed E-state index contributed by atoms with van der Waals surface area (Å²) in [4.78, 5) is 29.0. The van der Waals surface area contributed by atoms with Crippen molar-refractivity contribution in [2.24, 2.45) is 0 Å². The number of aryl methyl sites for hydroxylation is 2. The van der Waals surface area contributed by atoms with Crippen molar-refractivity contribution in [1.29, 1.82) is 0 Å². The fourth-order valence-corrected chi connectivity index (χ4v) is 6.11. The van der Waals surface area contributed by atoms with E-state index in [0.29, 0.717) is 22.0 Å². The van der Waals surface area contributed by atoms with Gasteiger partial charge in [-0.2, -0.15) is 0 Å². The van der Waals surface area contributed by atoms with Crippen molar-refractivity contribution >= 4 is 50.7 Å². The molecule has 0 radical (unpaired) electrons. The highest BCUT2D eigenvalue weighted by Crippen LogP contribution is 2.30. The third-order valence-corrected chi connectivity index (χ3v) is 9.24. The fourth-order valence-electron chi connectivity index (χ4n) is 4.35. The number of benzene rings is 3. The van der Waals surface area contributed by atoms with Crippen LogP contribution in [0.1, 0.15) is 50.3 Å². The molecule has 41 heavy (non-hydrogen) atoms. The maximum atomic E-state index is 14.2. The Bertz CT molecular complexity index is 1460. The van der Waals surface area contributed by atoms with E-state index in [1.165, 1.54) is 23.1 Å². The summed E-state index contributed by atoms with van der Waals surface area (Å²) in [5.74, 6) is -0.822. The van der Waals surface area contributed by atoms with Crippen molar-refractivity contribution in [2.75, 3.05) is 10.8 Å². The Hall–Kier alpha value is -3.07. The van der Waals surface area contributed by atoms with Gasteiger partial charge in [0.1, 0.15) is 12.6 Å². The standard InChI is InChI=1S/C31H37Cl2N3O4S/c1-6-23(5)34-31(38)28(7-2)35(19-24-11-14-25(32)15-12-24)30(37)20-36(29-18-26(33)13-10-22(29)4)41(39,40)27-16-8-21(3)9-17-27/h8-18,23,28H,6-7,19-20H2,1-5H3,(H,34,38). The minimum Gasteiger partial charge on any atom is -0.352 e. The van der Waals surface area contributed by atoms with Crippen LogP contribution >= 0.6 is 23.2 Å². The van der Waals surface area contributed by atoms with Gasteiger partial charge in [-0.3, -0.25) is 13.9 Å². The molecule has 0 aliphatic rings. The van der Waals surface area contributed by atoms with Crippen molar-refractivity contribution in [1.82, 2.24) is 10.2 Å². The van der Waals surface area contributed by atoms with Crippen LogP contribution in [0.5, 0.6) is 0 Å². The summed E-state index contributed by atoms with van der Waals surface area (Å²) in [5, 5.41) is 3.85. The molecule has 2 unspecified atom stereocenters. The molecule has 3 aromatic carbocycles. The molecule has 3 aromatic rings. The van der Waals surface area contributed by atoms with Crippen LogP contribution in [0, 0.1) is 13.8 Å². The van der Waals surface area contributed by atoms with Crippen LogP contribution in [-0.2, 0) is 26.2 Å². The number of nitrogens with zero attached hydrogens (tertiary/aromatic N) is 2. The van der Waals surface area contributed by atoms with E-state index in [1.807, 2.05) is 27.7 Å². The van der Waals surface area contributed by atoms with Crippen LogP contribution in [0.15, 0.2) is 71.6 Å². The van der Waals surface area contributed by atoms with E-state index in [-0.39, 0.29) is 29.1 Å². The molecule has 7 nitrogen and oxygen atoms in total. The number of halogens is 2. The molecule has 0 fully saturated rings. The zero-order chi connectivity index (χ0) is 30.3. The number of carbonyl (C=O) groups excluding carboxylic acids is 2. The number of sulfonamides is 1. The number of hydrogen-bond acceptors (Lipinski definition) is 4. The molecule has 0 aliphatic heterocycles. The predicted molar refractivity (Wildman–Crippen MR) is 166 cm³/mol. The first-order valence-corrected chi connectivity index (χ1v) is 15.8. The van der Waals surface area contributed by atoms with Crippen LogP contribution in [0.25, 0.3) is 0 Å². The maximum Gasteiger partial charge on any atom is 0.264 e. The monoisotopic (exact) mass is 617 g/mol. The molecular formula is C31H37Cl2N3O4S. The smallest absolute Gasteiger partial charge is 0.264 e. The summed E-state index contributed by atoms with van der Waals surface area (Å²) in [5.41, 5.74) is 2.57. The Morgan fingerprint density at radius 1 is 0.878 bits per heavy atom. The highest BCUT2D eigenvalue weighted by atomic mass is 35.5. The highest BCUT2D eigenvalue weighted by molar-refractivity contribution is 7.92. The molecule has 10 heteroatoms. The third-order valence-electron chi connectivity index (χ3n) is 6.98. The maximum absolute atomic E-state index is 14.2. The molecule has 0 spiro atoms. The second kappa shape index (κ2) is 14.2. The Balaban J connectivity index is 2.10. The quantitative estimate of drug-likeness (QED) is 0.250. The fraction of sp³-hybridized carbons (Fsp3) is 0.355. The normalized spacial score (nSPS) is 12.9. The van der Waals surface area contributed by atoms with Crippen LogP contribution in [0.3, 0.4) is 0 Å². The average molecular weight is 619 g/mol. The lowest BCUT2D eigenvalue weighted by atomic mass is 10.1. The van der Waals surface area contributed by atoms with E-state index in [9.17, 15) is 18.0 Å². The Labute approximate surface area is 253 Å². The molecule has 0 bridgehead atoms. The molecule has 2 atom stereocenters. The lowest BCUT2D eigenvalue weighted by Crippen LogP contribution is -2.53. The number of anilines is 1. The molecule has 220 valence electrons. The van der Waals surface area contributed by atoms with Gasteiger partial charge in [0.05, 0.1) is 10.6 Å².